The molecule has 0 aromatic heterocycles. The van der Waals surface area contributed by atoms with Crippen LogP contribution in [0.15, 0.2) is 0 Å². The Morgan fingerprint density at radius 3 is 0.757 bits per heavy atom. The highest BCUT2D eigenvalue weighted by molar-refractivity contribution is 5.80. The fraction of sp³-hybridized carbons (Fsp3) is 0.556. The van der Waals surface area contributed by atoms with Crippen LogP contribution in [0.3, 0.4) is 0 Å². The highest BCUT2D eigenvalue weighted by Gasteiger charge is 2.14. The Morgan fingerprint density at radius 2 is 0.703 bits per heavy atom. The summed E-state index contributed by atoms with van der Waals surface area (Å²) in [6, 6.07) is -1.29. The molecule has 0 fully saturated rings. The van der Waals surface area contributed by atoms with Crippen molar-refractivity contribution in [2.45, 2.75) is 52.0 Å². The monoisotopic (exact) mass is 549 g/mol. The minimum Gasteiger partial charge on any atom is -0.481 e. The highest BCUT2D eigenvalue weighted by atomic mass is 16.4. The van der Waals surface area contributed by atoms with Crippen LogP contribution in [0, 0.1) is 0 Å². The van der Waals surface area contributed by atoms with Gasteiger partial charge in [-0.2, -0.15) is 0 Å². The number of carbonyl (C=O) groups is 8. The summed E-state index contributed by atoms with van der Waals surface area (Å²) in [6.07, 6.45) is -1.72. The maximum atomic E-state index is 9.85. The number of nitrogens with two attached hydrogens (primary N) is 3. The zero-order valence-electron chi connectivity index (χ0n) is 20.1. The van der Waals surface area contributed by atoms with Crippen molar-refractivity contribution >= 4 is 47.8 Å². The number of carboxylic acid groups (broad SMARTS) is 8. The summed E-state index contributed by atoms with van der Waals surface area (Å²) in [4.78, 5) is 76.2. The molecule has 37 heavy (non-hydrogen) atoms. The first-order valence-corrected chi connectivity index (χ1v) is 9.54. The van der Waals surface area contributed by atoms with Gasteiger partial charge in [-0.15, -0.1) is 0 Å². The zero-order valence-corrected chi connectivity index (χ0v) is 20.1. The first-order chi connectivity index (χ1) is 16.7. The highest BCUT2D eigenvalue weighted by Crippen LogP contribution is 1.87. The van der Waals surface area contributed by atoms with Gasteiger partial charge >= 0.3 is 35.8 Å². The Bertz CT molecular complexity index is 618. The van der Waals surface area contributed by atoms with Gasteiger partial charge in [0.1, 0.15) is 6.04 Å². The number of hydrogen-bond donors (Lipinski definition) is 11. The predicted molar refractivity (Wildman–Crippen MR) is 122 cm³/mol. The molecule has 14 N–H and O–H groups in total. The third-order valence-corrected chi connectivity index (χ3v) is 1.98. The van der Waals surface area contributed by atoms with Crippen molar-refractivity contribution in [2.24, 2.45) is 17.2 Å². The minimum absolute atomic E-state index is 0.296. The fourth-order valence-electron chi connectivity index (χ4n) is 0.703. The van der Waals surface area contributed by atoms with Crippen LogP contribution in [0.25, 0.3) is 0 Å². The number of hydrogen-bond acceptors (Lipinski definition) is 11. The third-order valence-electron chi connectivity index (χ3n) is 1.98. The molecule has 19 nitrogen and oxygen atoms in total. The third kappa shape index (κ3) is 130. The minimum atomic E-state index is -1.29. The van der Waals surface area contributed by atoms with Crippen molar-refractivity contribution < 1.29 is 79.2 Å². The number of carboxylic acids is 8. The Morgan fingerprint density at radius 1 is 0.514 bits per heavy atom. The maximum absolute atomic E-state index is 9.85. The van der Waals surface area contributed by atoms with E-state index in [1.807, 2.05) is 0 Å². The second kappa shape index (κ2) is 33.8. The molecule has 0 aliphatic rings. The predicted octanol–water partition coefficient (Wildman–Crippen LogP) is -2.17. The van der Waals surface area contributed by atoms with Crippen LogP contribution in [-0.4, -0.2) is 108 Å². The van der Waals surface area contributed by atoms with Gasteiger partial charge in [0.15, 0.2) is 0 Å². The van der Waals surface area contributed by atoms with E-state index in [9.17, 15) is 28.8 Å². The lowest BCUT2D eigenvalue weighted by Gasteiger charge is -1.99. The Labute approximate surface area is 210 Å². The smallest absolute Gasteiger partial charge is 0.321 e. The molecular formula is C18H35N3O16. The van der Waals surface area contributed by atoms with Gasteiger partial charge in [-0.05, 0) is 0 Å². The van der Waals surface area contributed by atoms with Crippen molar-refractivity contribution in [1.82, 2.24) is 0 Å². The van der Waals surface area contributed by atoms with Crippen molar-refractivity contribution in [3.8, 4) is 0 Å². The van der Waals surface area contributed by atoms with Gasteiger partial charge in [-0.3, -0.25) is 38.4 Å². The molecule has 0 saturated heterocycles. The average Bonchev–Trinajstić information content (AvgIpc) is 2.70. The van der Waals surface area contributed by atoms with E-state index in [-0.39, 0.29) is 25.7 Å². The molecule has 0 aromatic carbocycles. The summed E-state index contributed by atoms with van der Waals surface area (Å²) in [5.41, 5.74) is 14.6. The normalized spacial score (nSPS) is 8.89. The van der Waals surface area contributed by atoms with Crippen molar-refractivity contribution in [1.29, 1.82) is 0 Å². The van der Waals surface area contributed by atoms with E-state index in [4.69, 9.17) is 67.6 Å². The summed E-state index contributed by atoms with van der Waals surface area (Å²) < 4.78 is 0. The number of rotatable bonds is 10. The van der Waals surface area contributed by atoms with E-state index >= 15 is 0 Å². The second-order valence-corrected chi connectivity index (χ2v) is 5.73. The molecule has 0 aromatic rings. The largest absolute Gasteiger partial charge is 0.481 e. The Balaban J connectivity index is -0.0000000807. The molecule has 0 spiro atoms. The molecule has 0 radical (unpaired) electrons. The van der Waals surface area contributed by atoms with Gasteiger partial charge in [0.2, 0.25) is 0 Å². The summed E-state index contributed by atoms with van der Waals surface area (Å²) in [6.45, 7) is 3.36. The molecule has 1 atom stereocenters. The van der Waals surface area contributed by atoms with Gasteiger partial charge in [0, 0.05) is 26.9 Å². The van der Waals surface area contributed by atoms with Gasteiger partial charge in [-0.25, -0.2) is 0 Å². The quantitative estimate of drug-likeness (QED) is 0.138. The molecule has 0 heterocycles. The number of aliphatic carboxylic acids is 8. The van der Waals surface area contributed by atoms with E-state index < -0.39 is 60.2 Å². The lowest BCUT2D eigenvalue weighted by molar-refractivity contribution is -0.144. The van der Waals surface area contributed by atoms with Crippen LogP contribution in [0.5, 0.6) is 0 Å². The molecule has 0 saturated carbocycles. The van der Waals surface area contributed by atoms with Crippen molar-refractivity contribution in [3.05, 3.63) is 0 Å². The summed E-state index contributed by atoms with van der Waals surface area (Å²) in [5, 5.41) is 62.5. The SMILES string of the molecule is CC(=O)O.CC(=O)O.NCCN.N[C@@H](CC(=O)O)C(=O)O.O=C(O)CCC(=O)O.O=C(O)CCC(=O)O. The summed E-state index contributed by atoms with van der Waals surface area (Å²) in [5.74, 6) is -8.47. The topological polar surface area (TPSA) is 376 Å². The summed E-state index contributed by atoms with van der Waals surface area (Å²) in [7, 11) is 0. The van der Waals surface area contributed by atoms with Crippen LogP contribution in [0.4, 0.5) is 0 Å². The Kier molecular flexibility index (Phi) is 42.1. The van der Waals surface area contributed by atoms with E-state index in [1.165, 1.54) is 0 Å². The van der Waals surface area contributed by atoms with Crippen LogP contribution in [0.2, 0.25) is 0 Å². The maximum Gasteiger partial charge on any atom is 0.321 e. The van der Waals surface area contributed by atoms with Gasteiger partial charge in [0.25, 0.3) is 11.9 Å². The molecule has 0 aliphatic carbocycles. The lowest BCUT2D eigenvalue weighted by Crippen LogP contribution is -2.32. The standard InChI is InChI=1S/C4H7NO4.2C4H6O4.C2H8N2.2C2H4O2/c5-2(4(8)9)1-3(6)7;2*5-3(6)1-2-4(7)8;3-1-2-4;2*1-2(3)4/h2H,1,5H2,(H,6,7)(H,8,9);2*1-2H2,(H,5,6)(H,7,8);1-4H2;2*1H3,(H,3,4)/t2-;;;;;/m0...../s1. The van der Waals surface area contributed by atoms with E-state index in [2.05, 4.69) is 0 Å². The molecule has 0 amide bonds. The molecule has 218 valence electrons. The van der Waals surface area contributed by atoms with Crippen LogP contribution in [-0.2, 0) is 38.4 Å². The lowest BCUT2D eigenvalue weighted by atomic mass is 10.2. The van der Waals surface area contributed by atoms with Crippen molar-refractivity contribution in [2.75, 3.05) is 13.1 Å². The molecular weight excluding hydrogens is 514 g/mol. The van der Waals surface area contributed by atoms with Crippen LogP contribution >= 0.6 is 0 Å². The molecule has 0 unspecified atom stereocenters. The van der Waals surface area contributed by atoms with Gasteiger partial charge in [-0.1, -0.05) is 0 Å². The summed E-state index contributed by atoms with van der Waals surface area (Å²) >= 11 is 0. The molecule has 0 rings (SSSR count). The van der Waals surface area contributed by atoms with Gasteiger partial charge < -0.3 is 58.1 Å². The van der Waals surface area contributed by atoms with E-state index in [0.717, 1.165) is 13.8 Å². The Hall–Kier alpha value is -4.36. The first-order valence-electron chi connectivity index (χ1n) is 9.54. The fourth-order valence-corrected chi connectivity index (χ4v) is 0.703. The van der Waals surface area contributed by atoms with Crippen LogP contribution in [0.1, 0.15) is 46.0 Å². The van der Waals surface area contributed by atoms with Gasteiger partial charge in [0.05, 0.1) is 32.1 Å². The van der Waals surface area contributed by atoms with Crippen LogP contribution < -0.4 is 17.2 Å². The second-order valence-electron chi connectivity index (χ2n) is 5.73. The first kappa shape index (κ1) is 46.0. The molecule has 19 heteroatoms. The molecule has 0 aliphatic heterocycles. The average molecular weight is 549 g/mol. The van der Waals surface area contributed by atoms with E-state index in [0.29, 0.717) is 13.1 Å². The zero-order chi connectivity index (χ0) is 31.1. The van der Waals surface area contributed by atoms with E-state index in [1.54, 1.807) is 0 Å². The van der Waals surface area contributed by atoms with Crippen molar-refractivity contribution in [3.63, 3.8) is 0 Å². The molecule has 0 bridgehead atoms.